The molecule has 112 valence electrons. The predicted molar refractivity (Wildman–Crippen MR) is 90.6 cm³/mol. The summed E-state index contributed by atoms with van der Waals surface area (Å²) in [5.41, 5.74) is 2.21. The molecule has 0 spiro atoms. The minimum atomic E-state index is -0.566. The van der Waals surface area contributed by atoms with Gasteiger partial charge in [-0.05, 0) is 36.4 Å². The van der Waals surface area contributed by atoms with Gasteiger partial charge in [-0.2, -0.15) is 0 Å². The fourth-order valence-electron chi connectivity index (χ4n) is 2.69. The monoisotopic (exact) mass is 299 g/mol. The van der Waals surface area contributed by atoms with Gasteiger partial charge in [0.2, 0.25) is 0 Å². The number of aromatic nitrogens is 3. The van der Waals surface area contributed by atoms with Crippen LogP contribution in [0.2, 0.25) is 0 Å². The molecule has 0 aliphatic rings. The van der Waals surface area contributed by atoms with E-state index in [0.29, 0.717) is 12.8 Å². The second-order valence-corrected chi connectivity index (χ2v) is 5.44. The van der Waals surface area contributed by atoms with E-state index in [9.17, 15) is 0 Å². The Kier molecular flexibility index (Phi) is 4.44. The van der Waals surface area contributed by atoms with Crippen LogP contribution in [0.5, 0.6) is 0 Å². The van der Waals surface area contributed by atoms with Crippen LogP contribution < -0.4 is 0 Å². The van der Waals surface area contributed by atoms with Gasteiger partial charge in [0, 0.05) is 42.8 Å². The number of rotatable bonds is 5. The molecule has 0 aliphatic carbocycles. The third kappa shape index (κ3) is 3.44. The molecule has 0 fully saturated rings. The Labute approximate surface area is 136 Å². The molecule has 0 unspecified atom stereocenters. The first-order chi connectivity index (χ1) is 11.3. The van der Waals surface area contributed by atoms with Gasteiger partial charge in [-0.3, -0.25) is 15.0 Å². The van der Waals surface area contributed by atoms with Gasteiger partial charge in [-0.1, -0.05) is 24.1 Å². The van der Waals surface area contributed by atoms with Gasteiger partial charge in [0.05, 0.1) is 11.1 Å². The fourth-order valence-corrected chi connectivity index (χ4v) is 2.69. The molecule has 3 aromatic heterocycles. The van der Waals surface area contributed by atoms with E-state index in [2.05, 4.69) is 20.9 Å². The van der Waals surface area contributed by atoms with Crippen molar-refractivity contribution in [3.8, 4) is 12.3 Å². The lowest BCUT2D eigenvalue weighted by Crippen LogP contribution is -2.32. The quantitative estimate of drug-likeness (QED) is 0.679. The first-order valence-electron chi connectivity index (χ1n) is 7.51. The maximum Gasteiger partial charge on any atom is 0.0841 e. The van der Waals surface area contributed by atoms with Crippen molar-refractivity contribution in [1.82, 2.24) is 15.0 Å². The van der Waals surface area contributed by atoms with Crippen molar-refractivity contribution in [2.45, 2.75) is 18.3 Å². The van der Waals surface area contributed by atoms with Gasteiger partial charge in [0.1, 0.15) is 0 Å². The number of terminal acetylenes is 1. The Bertz CT molecular complexity index is 736. The third-order valence-electron chi connectivity index (χ3n) is 3.85. The minimum absolute atomic E-state index is 0.566. The molecule has 0 bridgehead atoms. The van der Waals surface area contributed by atoms with E-state index in [-0.39, 0.29) is 0 Å². The molecule has 0 radical (unpaired) electrons. The van der Waals surface area contributed by atoms with Crippen molar-refractivity contribution in [1.29, 1.82) is 0 Å². The molecule has 3 nitrogen and oxygen atoms in total. The van der Waals surface area contributed by atoms with Crippen molar-refractivity contribution in [2.24, 2.45) is 0 Å². The number of nitrogens with zero attached hydrogens (tertiary/aromatic N) is 3. The van der Waals surface area contributed by atoms with E-state index in [1.165, 1.54) is 0 Å². The molecule has 0 saturated heterocycles. The molecule has 0 aliphatic heterocycles. The Morgan fingerprint density at radius 1 is 0.739 bits per heavy atom. The molecule has 0 amide bonds. The summed E-state index contributed by atoms with van der Waals surface area (Å²) in [5.74, 6) is 2.99. The van der Waals surface area contributed by atoms with E-state index in [1.54, 1.807) is 18.6 Å². The SMILES string of the molecule is C#CC(Cc1ccccn1)(Cc1ccccn1)c1ccccn1. The van der Waals surface area contributed by atoms with Crippen LogP contribution in [-0.2, 0) is 18.3 Å². The summed E-state index contributed by atoms with van der Waals surface area (Å²) in [6.07, 6.45) is 12.6. The number of pyridine rings is 3. The van der Waals surface area contributed by atoms with Gasteiger partial charge in [0.25, 0.3) is 0 Å². The first-order valence-corrected chi connectivity index (χ1v) is 7.51. The second-order valence-electron chi connectivity index (χ2n) is 5.44. The Hall–Kier alpha value is -2.99. The molecule has 0 aromatic carbocycles. The fraction of sp³-hybridized carbons (Fsp3) is 0.150. The van der Waals surface area contributed by atoms with Crippen molar-refractivity contribution in [3.63, 3.8) is 0 Å². The van der Waals surface area contributed by atoms with E-state index in [1.807, 2.05) is 54.6 Å². The Morgan fingerprint density at radius 3 is 1.65 bits per heavy atom. The lowest BCUT2D eigenvalue weighted by molar-refractivity contribution is 0.519. The van der Waals surface area contributed by atoms with Gasteiger partial charge in [0.15, 0.2) is 0 Å². The highest BCUT2D eigenvalue weighted by Crippen LogP contribution is 2.29. The van der Waals surface area contributed by atoms with E-state index >= 15 is 0 Å². The second kappa shape index (κ2) is 6.85. The van der Waals surface area contributed by atoms with Crippen LogP contribution >= 0.6 is 0 Å². The maximum atomic E-state index is 5.99. The van der Waals surface area contributed by atoms with Crippen molar-refractivity contribution >= 4 is 0 Å². The molecule has 23 heavy (non-hydrogen) atoms. The third-order valence-corrected chi connectivity index (χ3v) is 3.85. The molecule has 3 heterocycles. The van der Waals surface area contributed by atoms with Gasteiger partial charge >= 0.3 is 0 Å². The highest BCUT2D eigenvalue weighted by Gasteiger charge is 2.33. The van der Waals surface area contributed by atoms with Gasteiger partial charge in [-0.25, -0.2) is 0 Å². The molecule has 3 rings (SSSR count). The van der Waals surface area contributed by atoms with Crippen LogP contribution in [0.15, 0.2) is 73.2 Å². The zero-order chi connectivity index (χ0) is 16.0. The Balaban J connectivity index is 2.03. The molecule has 0 saturated carbocycles. The summed E-state index contributed by atoms with van der Waals surface area (Å²) in [5, 5.41) is 0. The van der Waals surface area contributed by atoms with Gasteiger partial charge in [-0.15, -0.1) is 6.42 Å². The topological polar surface area (TPSA) is 38.7 Å². The van der Waals surface area contributed by atoms with Crippen LogP contribution in [0.25, 0.3) is 0 Å². The maximum absolute atomic E-state index is 5.99. The van der Waals surface area contributed by atoms with Crippen molar-refractivity contribution in [2.75, 3.05) is 0 Å². The van der Waals surface area contributed by atoms with Gasteiger partial charge < -0.3 is 0 Å². The van der Waals surface area contributed by atoms with Crippen LogP contribution in [0.4, 0.5) is 0 Å². The molecular formula is C20H17N3. The zero-order valence-corrected chi connectivity index (χ0v) is 12.8. The largest absolute Gasteiger partial charge is 0.261 e. The lowest BCUT2D eigenvalue weighted by Gasteiger charge is -2.27. The smallest absolute Gasteiger partial charge is 0.0841 e. The summed E-state index contributed by atoms with van der Waals surface area (Å²) in [7, 11) is 0. The van der Waals surface area contributed by atoms with E-state index < -0.39 is 5.41 Å². The van der Waals surface area contributed by atoms with Crippen LogP contribution in [0.1, 0.15) is 17.1 Å². The highest BCUT2D eigenvalue weighted by atomic mass is 14.7. The zero-order valence-electron chi connectivity index (χ0n) is 12.8. The van der Waals surface area contributed by atoms with Crippen molar-refractivity contribution < 1.29 is 0 Å². The average molecular weight is 299 g/mol. The average Bonchev–Trinajstić information content (AvgIpc) is 2.63. The van der Waals surface area contributed by atoms with E-state index in [0.717, 1.165) is 17.1 Å². The normalized spacial score (nSPS) is 10.9. The molecule has 0 N–H and O–H groups in total. The highest BCUT2D eigenvalue weighted by molar-refractivity contribution is 5.34. The standard InChI is InChI=1S/C20H17N3/c1-2-20(19-11-5-8-14-23-19,15-17-9-3-6-12-21-17)16-18-10-4-7-13-22-18/h1,3-14H,15-16H2. The van der Waals surface area contributed by atoms with Crippen LogP contribution in [-0.4, -0.2) is 15.0 Å². The van der Waals surface area contributed by atoms with Crippen LogP contribution in [0.3, 0.4) is 0 Å². The molecule has 0 atom stereocenters. The molecule has 3 heteroatoms. The van der Waals surface area contributed by atoms with Crippen molar-refractivity contribution in [3.05, 3.63) is 90.3 Å². The lowest BCUT2D eigenvalue weighted by atomic mass is 9.76. The predicted octanol–water partition coefficient (Wildman–Crippen LogP) is 3.23. The summed E-state index contributed by atoms with van der Waals surface area (Å²) >= 11 is 0. The number of hydrogen-bond donors (Lipinski definition) is 0. The Morgan fingerprint density at radius 2 is 1.26 bits per heavy atom. The van der Waals surface area contributed by atoms with E-state index in [4.69, 9.17) is 6.42 Å². The summed E-state index contributed by atoms with van der Waals surface area (Å²) in [6, 6.07) is 17.6. The van der Waals surface area contributed by atoms with Crippen LogP contribution in [0, 0.1) is 12.3 Å². The first kappa shape index (κ1) is 14.9. The summed E-state index contributed by atoms with van der Waals surface area (Å²) in [4.78, 5) is 13.4. The summed E-state index contributed by atoms with van der Waals surface area (Å²) in [6.45, 7) is 0. The summed E-state index contributed by atoms with van der Waals surface area (Å²) < 4.78 is 0. The minimum Gasteiger partial charge on any atom is -0.261 e. The molecule has 3 aromatic rings. The number of hydrogen-bond acceptors (Lipinski definition) is 3. The molecular weight excluding hydrogens is 282 g/mol.